The molecule has 3 atom stereocenters. The average Bonchev–Trinajstić information content (AvgIpc) is 3.21. The van der Waals surface area contributed by atoms with Crippen LogP contribution in [0, 0.1) is 11.8 Å². The number of rotatable bonds is 3. The summed E-state index contributed by atoms with van der Waals surface area (Å²) in [5, 5.41) is 1.27. The van der Waals surface area contributed by atoms with Crippen LogP contribution in [0.25, 0.3) is 10.9 Å². The number of benzene rings is 1. The maximum absolute atomic E-state index is 12.6. The van der Waals surface area contributed by atoms with Gasteiger partial charge in [0.25, 0.3) is 0 Å². The normalized spacial score (nSPS) is 26.9. The van der Waals surface area contributed by atoms with Crippen molar-refractivity contribution in [1.29, 1.82) is 0 Å². The Morgan fingerprint density at radius 3 is 2.91 bits per heavy atom. The number of fused-ring (bicyclic) bond motifs is 2. The number of aromatic nitrogens is 1. The first-order chi connectivity index (χ1) is 11.1. The van der Waals surface area contributed by atoms with Crippen molar-refractivity contribution in [2.45, 2.75) is 31.7 Å². The zero-order chi connectivity index (χ0) is 16.0. The molecule has 1 saturated carbocycles. The van der Waals surface area contributed by atoms with Crippen molar-refractivity contribution in [1.82, 2.24) is 9.47 Å². The highest BCUT2D eigenvalue weighted by Gasteiger charge is 2.42. The standard InChI is InChI=1S/C19H25N3O/c1-21-10-13(15-4-2-3-5-18(15)21)7-9-19(23)22-11-14-6-8-17(20)16(14)12-22/h2-5,10,14,16-17H,6-9,11-12,20H2,1H3. The van der Waals surface area contributed by atoms with E-state index in [1.165, 1.54) is 22.9 Å². The smallest absolute Gasteiger partial charge is 0.222 e. The molecular formula is C19H25N3O. The van der Waals surface area contributed by atoms with Crippen LogP contribution in [0.15, 0.2) is 30.5 Å². The van der Waals surface area contributed by atoms with Gasteiger partial charge in [-0.15, -0.1) is 0 Å². The van der Waals surface area contributed by atoms with Crippen molar-refractivity contribution in [3.63, 3.8) is 0 Å². The van der Waals surface area contributed by atoms with Gasteiger partial charge in [0.15, 0.2) is 0 Å². The summed E-state index contributed by atoms with van der Waals surface area (Å²) in [6, 6.07) is 8.70. The van der Waals surface area contributed by atoms with E-state index in [2.05, 4.69) is 47.0 Å². The van der Waals surface area contributed by atoms with Gasteiger partial charge < -0.3 is 15.2 Å². The van der Waals surface area contributed by atoms with Crippen LogP contribution in [0.1, 0.15) is 24.8 Å². The van der Waals surface area contributed by atoms with E-state index < -0.39 is 0 Å². The highest BCUT2D eigenvalue weighted by Crippen LogP contribution is 2.37. The fraction of sp³-hybridized carbons (Fsp3) is 0.526. The lowest BCUT2D eigenvalue weighted by Gasteiger charge is -2.18. The van der Waals surface area contributed by atoms with Crippen LogP contribution in [-0.2, 0) is 18.3 Å². The second kappa shape index (κ2) is 5.68. The van der Waals surface area contributed by atoms with E-state index in [1.54, 1.807) is 0 Å². The monoisotopic (exact) mass is 311 g/mol. The number of hydrogen-bond acceptors (Lipinski definition) is 2. The molecule has 0 radical (unpaired) electrons. The number of nitrogens with zero attached hydrogens (tertiary/aromatic N) is 2. The molecule has 0 bridgehead atoms. The Morgan fingerprint density at radius 1 is 1.26 bits per heavy atom. The van der Waals surface area contributed by atoms with E-state index in [1.807, 2.05) is 0 Å². The zero-order valence-corrected chi connectivity index (χ0v) is 13.7. The maximum Gasteiger partial charge on any atom is 0.222 e. The van der Waals surface area contributed by atoms with Gasteiger partial charge in [0, 0.05) is 49.7 Å². The molecule has 0 spiro atoms. The van der Waals surface area contributed by atoms with Crippen LogP contribution in [-0.4, -0.2) is 34.5 Å². The van der Waals surface area contributed by atoms with Crippen LogP contribution >= 0.6 is 0 Å². The van der Waals surface area contributed by atoms with Gasteiger partial charge in [0.2, 0.25) is 5.91 Å². The molecule has 4 rings (SSSR count). The predicted molar refractivity (Wildman–Crippen MR) is 92.0 cm³/mol. The summed E-state index contributed by atoms with van der Waals surface area (Å²) in [7, 11) is 2.07. The fourth-order valence-electron chi connectivity index (χ4n) is 4.54. The lowest BCUT2D eigenvalue weighted by molar-refractivity contribution is -0.130. The molecule has 2 aromatic rings. The highest BCUT2D eigenvalue weighted by molar-refractivity contribution is 5.85. The number of carbonyl (C=O) groups is 1. The minimum atomic E-state index is 0.291. The van der Waals surface area contributed by atoms with Crippen LogP contribution in [0.5, 0.6) is 0 Å². The Morgan fingerprint density at radius 2 is 2.09 bits per heavy atom. The third-order valence-corrected chi connectivity index (χ3v) is 5.85. The Labute approximate surface area is 137 Å². The van der Waals surface area contributed by atoms with E-state index in [0.717, 1.165) is 25.9 Å². The maximum atomic E-state index is 12.6. The molecule has 4 nitrogen and oxygen atoms in total. The first-order valence-electron chi connectivity index (χ1n) is 8.70. The molecule has 1 aliphatic heterocycles. The molecule has 2 heterocycles. The highest BCUT2D eigenvalue weighted by atomic mass is 16.2. The number of amides is 1. The third-order valence-electron chi connectivity index (χ3n) is 5.85. The van der Waals surface area contributed by atoms with Crippen molar-refractivity contribution in [2.75, 3.05) is 13.1 Å². The Hall–Kier alpha value is -1.81. The molecular weight excluding hydrogens is 286 g/mol. The number of para-hydroxylation sites is 1. The molecule has 2 N–H and O–H groups in total. The van der Waals surface area contributed by atoms with Gasteiger partial charge >= 0.3 is 0 Å². The Balaban J connectivity index is 1.42. The summed E-state index contributed by atoms with van der Waals surface area (Å²) in [6.07, 6.45) is 5.90. The summed E-state index contributed by atoms with van der Waals surface area (Å²) in [6.45, 7) is 1.80. The molecule has 1 aliphatic carbocycles. The minimum Gasteiger partial charge on any atom is -0.350 e. The molecule has 4 heteroatoms. The van der Waals surface area contributed by atoms with E-state index in [4.69, 9.17) is 5.73 Å². The van der Waals surface area contributed by atoms with E-state index in [0.29, 0.717) is 30.2 Å². The number of nitrogens with two attached hydrogens (primary N) is 1. The summed E-state index contributed by atoms with van der Waals surface area (Å²) < 4.78 is 2.15. The number of hydrogen-bond donors (Lipinski definition) is 1. The van der Waals surface area contributed by atoms with Crippen LogP contribution < -0.4 is 5.73 Å². The molecule has 3 unspecified atom stereocenters. The van der Waals surface area contributed by atoms with Crippen molar-refractivity contribution in [3.05, 3.63) is 36.0 Å². The van der Waals surface area contributed by atoms with E-state index in [-0.39, 0.29) is 0 Å². The first kappa shape index (κ1) is 14.8. The molecule has 1 saturated heterocycles. The topological polar surface area (TPSA) is 51.3 Å². The molecule has 23 heavy (non-hydrogen) atoms. The van der Waals surface area contributed by atoms with Gasteiger partial charge in [-0.1, -0.05) is 18.2 Å². The van der Waals surface area contributed by atoms with E-state index in [9.17, 15) is 4.79 Å². The van der Waals surface area contributed by atoms with Crippen molar-refractivity contribution in [2.24, 2.45) is 24.6 Å². The van der Waals surface area contributed by atoms with Crippen molar-refractivity contribution in [3.8, 4) is 0 Å². The van der Waals surface area contributed by atoms with Gasteiger partial charge in [-0.05, 0) is 42.7 Å². The number of carbonyl (C=O) groups excluding carboxylic acids is 1. The Bertz CT molecular complexity index is 735. The second-order valence-electron chi connectivity index (χ2n) is 7.25. The molecule has 1 aromatic carbocycles. The van der Waals surface area contributed by atoms with Gasteiger partial charge in [-0.3, -0.25) is 4.79 Å². The fourth-order valence-corrected chi connectivity index (χ4v) is 4.54. The van der Waals surface area contributed by atoms with Crippen molar-refractivity contribution < 1.29 is 4.79 Å². The summed E-state index contributed by atoms with van der Waals surface area (Å²) >= 11 is 0. The van der Waals surface area contributed by atoms with Crippen LogP contribution in [0.3, 0.4) is 0 Å². The van der Waals surface area contributed by atoms with Crippen LogP contribution in [0.2, 0.25) is 0 Å². The molecule has 2 fully saturated rings. The SMILES string of the molecule is Cn1cc(CCC(=O)N2CC3CCC(N)C3C2)c2ccccc21. The predicted octanol–water partition coefficient (Wildman–Crippen LogP) is 2.31. The quantitative estimate of drug-likeness (QED) is 0.945. The summed E-state index contributed by atoms with van der Waals surface area (Å²) in [5.74, 6) is 1.47. The van der Waals surface area contributed by atoms with Gasteiger partial charge in [0.1, 0.15) is 0 Å². The molecule has 2 aliphatic rings. The van der Waals surface area contributed by atoms with E-state index >= 15 is 0 Å². The number of aryl methyl sites for hydroxylation is 2. The van der Waals surface area contributed by atoms with Gasteiger partial charge in [-0.2, -0.15) is 0 Å². The molecule has 1 aromatic heterocycles. The average molecular weight is 311 g/mol. The lowest BCUT2D eigenvalue weighted by atomic mass is 9.98. The minimum absolute atomic E-state index is 0.291. The second-order valence-corrected chi connectivity index (χ2v) is 7.25. The summed E-state index contributed by atoms with van der Waals surface area (Å²) in [5.41, 5.74) is 8.68. The molecule has 1 amide bonds. The van der Waals surface area contributed by atoms with Crippen molar-refractivity contribution >= 4 is 16.8 Å². The van der Waals surface area contributed by atoms with Gasteiger partial charge in [0.05, 0.1) is 0 Å². The summed E-state index contributed by atoms with van der Waals surface area (Å²) in [4.78, 5) is 14.6. The lowest BCUT2D eigenvalue weighted by Crippen LogP contribution is -2.33. The zero-order valence-electron chi connectivity index (χ0n) is 13.7. The third kappa shape index (κ3) is 2.55. The largest absolute Gasteiger partial charge is 0.350 e. The van der Waals surface area contributed by atoms with Crippen LogP contribution in [0.4, 0.5) is 0 Å². The molecule has 122 valence electrons. The number of likely N-dealkylation sites (tertiary alicyclic amines) is 1. The van der Waals surface area contributed by atoms with Gasteiger partial charge in [-0.25, -0.2) is 0 Å². The first-order valence-corrected chi connectivity index (χ1v) is 8.70. The Kier molecular flexibility index (Phi) is 3.64.